The van der Waals surface area contributed by atoms with Crippen LogP contribution in [0.5, 0.6) is 0 Å². The van der Waals surface area contributed by atoms with Crippen molar-refractivity contribution in [3.63, 3.8) is 0 Å². The first kappa shape index (κ1) is 15.2. The Balaban J connectivity index is 2.09. The molecule has 0 saturated heterocycles. The summed E-state index contributed by atoms with van der Waals surface area (Å²) in [7, 11) is 0. The third kappa shape index (κ3) is 3.67. The molecule has 110 valence electrons. The molecule has 2 aromatic rings. The van der Waals surface area contributed by atoms with Gasteiger partial charge in [-0.15, -0.1) is 0 Å². The molecule has 0 aliphatic heterocycles. The SMILES string of the molecule is Cc1ccc(NC(=O)C(C)C(N)c2ccccc2)c(F)c1. The first-order valence-corrected chi connectivity index (χ1v) is 6.86. The van der Waals surface area contributed by atoms with Gasteiger partial charge < -0.3 is 11.1 Å². The van der Waals surface area contributed by atoms with Gasteiger partial charge in [-0.1, -0.05) is 43.3 Å². The van der Waals surface area contributed by atoms with E-state index in [2.05, 4.69) is 5.32 Å². The topological polar surface area (TPSA) is 55.1 Å². The van der Waals surface area contributed by atoms with Crippen LogP contribution in [0.4, 0.5) is 10.1 Å². The summed E-state index contributed by atoms with van der Waals surface area (Å²) in [5.41, 5.74) is 7.96. The van der Waals surface area contributed by atoms with Crippen molar-refractivity contribution in [2.75, 3.05) is 5.32 Å². The van der Waals surface area contributed by atoms with E-state index in [1.807, 2.05) is 30.3 Å². The highest BCUT2D eigenvalue weighted by Crippen LogP contribution is 2.22. The summed E-state index contributed by atoms with van der Waals surface area (Å²) in [5.74, 6) is -1.20. The summed E-state index contributed by atoms with van der Waals surface area (Å²) in [6, 6.07) is 13.7. The van der Waals surface area contributed by atoms with E-state index in [-0.39, 0.29) is 11.6 Å². The zero-order valence-corrected chi connectivity index (χ0v) is 12.1. The second-order valence-corrected chi connectivity index (χ2v) is 5.20. The fraction of sp³-hybridized carbons (Fsp3) is 0.235. The van der Waals surface area contributed by atoms with Gasteiger partial charge in [0.1, 0.15) is 5.82 Å². The average molecular weight is 286 g/mol. The number of amides is 1. The van der Waals surface area contributed by atoms with Crippen LogP contribution in [0.15, 0.2) is 48.5 Å². The number of hydrogen-bond donors (Lipinski definition) is 2. The molecule has 1 amide bonds. The lowest BCUT2D eigenvalue weighted by Gasteiger charge is -2.20. The second-order valence-electron chi connectivity index (χ2n) is 5.20. The number of hydrogen-bond acceptors (Lipinski definition) is 2. The van der Waals surface area contributed by atoms with E-state index < -0.39 is 17.8 Å². The maximum Gasteiger partial charge on any atom is 0.229 e. The van der Waals surface area contributed by atoms with Gasteiger partial charge >= 0.3 is 0 Å². The number of benzene rings is 2. The number of nitrogens with two attached hydrogens (primary N) is 1. The number of aryl methyl sites for hydroxylation is 1. The Morgan fingerprint density at radius 1 is 1.19 bits per heavy atom. The van der Waals surface area contributed by atoms with Crippen LogP contribution in [0.25, 0.3) is 0 Å². The smallest absolute Gasteiger partial charge is 0.229 e. The second kappa shape index (κ2) is 6.50. The maximum atomic E-state index is 13.8. The zero-order valence-electron chi connectivity index (χ0n) is 12.1. The Hall–Kier alpha value is -2.20. The third-order valence-corrected chi connectivity index (χ3v) is 3.52. The first-order chi connectivity index (χ1) is 9.99. The Kier molecular flexibility index (Phi) is 4.70. The number of rotatable bonds is 4. The molecule has 0 aromatic heterocycles. The van der Waals surface area contributed by atoms with Crippen molar-refractivity contribution in [1.29, 1.82) is 0 Å². The molecule has 21 heavy (non-hydrogen) atoms. The highest BCUT2D eigenvalue weighted by Gasteiger charge is 2.22. The van der Waals surface area contributed by atoms with Crippen LogP contribution < -0.4 is 11.1 Å². The van der Waals surface area contributed by atoms with Gasteiger partial charge in [0.25, 0.3) is 0 Å². The monoisotopic (exact) mass is 286 g/mol. The Morgan fingerprint density at radius 2 is 1.86 bits per heavy atom. The van der Waals surface area contributed by atoms with Gasteiger partial charge in [-0.2, -0.15) is 0 Å². The Labute approximate surface area is 124 Å². The molecule has 0 radical (unpaired) electrons. The van der Waals surface area contributed by atoms with E-state index >= 15 is 0 Å². The van der Waals surface area contributed by atoms with E-state index in [4.69, 9.17) is 5.73 Å². The lowest BCUT2D eigenvalue weighted by molar-refractivity contribution is -0.120. The lowest BCUT2D eigenvalue weighted by Crippen LogP contribution is -2.30. The van der Waals surface area contributed by atoms with Crippen molar-refractivity contribution in [3.8, 4) is 0 Å². The van der Waals surface area contributed by atoms with E-state index in [0.29, 0.717) is 0 Å². The maximum absolute atomic E-state index is 13.8. The quantitative estimate of drug-likeness (QED) is 0.905. The Bertz CT molecular complexity index is 628. The van der Waals surface area contributed by atoms with Gasteiger partial charge in [0.2, 0.25) is 5.91 Å². The fourth-order valence-electron chi connectivity index (χ4n) is 2.10. The standard InChI is InChI=1S/C17H19FN2O/c1-11-8-9-15(14(18)10-11)20-17(21)12(2)16(19)13-6-4-3-5-7-13/h3-10,12,16H,19H2,1-2H3,(H,20,21). The highest BCUT2D eigenvalue weighted by molar-refractivity contribution is 5.93. The minimum Gasteiger partial charge on any atom is -0.323 e. The van der Waals surface area contributed by atoms with Crippen LogP contribution in [0, 0.1) is 18.7 Å². The molecule has 3 N–H and O–H groups in total. The van der Waals surface area contributed by atoms with Gasteiger partial charge in [-0.05, 0) is 30.2 Å². The highest BCUT2D eigenvalue weighted by atomic mass is 19.1. The lowest BCUT2D eigenvalue weighted by atomic mass is 9.94. The van der Waals surface area contributed by atoms with Gasteiger partial charge in [-0.25, -0.2) is 4.39 Å². The van der Waals surface area contributed by atoms with Gasteiger partial charge in [0, 0.05) is 6.04 Å². The van der Waals surface area contributed by atoms with Crippen LogP contribution in [0.3, 0.4) is 0 Å². The molecule has 0 fully saturated rings. The molecule has 0 aliphatic rings. The molecule has 0 bridgehead atoms. The molecule has 2 rings (SSSR count). The number of nitrogens with one attached hydrogen (secondary N) is 1. The molecule has 2 unspecified atom stereocenters. The molecule has 0 spiro atoms. The van der Waals surface area contributed by atoms with Crippen molar-refractivity contribution < 1.29 is 9.18 Å². The van der Waals surface area contributed by atoms with E-state index in [1.54, 1.807) is 26.0 Å². The molecule has 0 aliphatic carbocycles. The minimum absolute atomic E-state index is 0.178. The molecule has 2 atom stereocenters. The minimum atomic E-state index is -0.465. The normalized spacial score (nSPS) is 13.5. The van der Waals surface area contributed by atoms with Crippen molar-refractivity contribution in [2.45, 2.75) is 19.9 Å². The molecular formula is C17H19FN2O. The largest absolute Gasteiger partial charge is 0.323 e. The summed E-state index contributed by atoms with van der Waals surface area (Å²) in [4.78, 5) is 12.2. The van der Waals surface area contributed by atoms with E-state index in [1.165, 1.54) is 6.07 Å². The van der Waals surface area contributed by atoms with Crippen LogP contribution >= 0.6 is 0 Å². The molecular weight excluding hydrogens is 267 g/mol. The molecule has 3 nitrogen and oxygen atoms in total. The van der Waals surface area contributed by atoms with Crippen molar-refractivity contribution in [2.24, 2.45) is 11.7 Å². The van der Waals surface area contributed by atoms with Crippen molar-refractivity contribution >= 4 is 11.6 Å². The van der Waals surface area contributed by atoms with Crippen molar-refractivity contribution in [1.82, 2.24) is 0 Å². The third-order valence-electron chi connectivity index (χ3n) is 3.52. The summed E-state index contributed by atoms with van der Waals surface area (Å²) in [6.45, 7) is 3.53. The molecule has 2 aromatic carbocycles. The average Bonchev–Trinajstić information content (AvgIpc) is 2.49. The van der Waals surface area contributed by atoms with Crippen LogP contribution in [0.2, 0.25) is 0 Å². The number of carbonyl (C=O) groups is 1. The summed E-state index contributed by atoms with van der Waals surface area (Å²) < 4.78 is 13.8. The van der Waals surface area contributed by atoms with E-state index in [0.717, 1.165) is 11.1 Å². The zero-order chi connectivity index (χ0) is 15.4. The Morgan fingerprint density at radius 3 is 2.48 bits per heavy atom. The predicted octanol–water partition coefficient (Wildman–Crippen LogP) is 3.41. The van der Waals surface area contributed by atoms with E-state index in [9.17, 15) is 9.18 Å². The number of halogens is 1. The van der Waals surface area contributed by atoms with Gasteiger partial charge in [0.15, 0.2) is 0 Å². The molecule has 0 heterocycles. The molecule has 0 saturated carbocycles. The van der Waals surface area contributed by atoms with Crippen LogP contribution in [0.1, 0.15) is 24.1 Å². The van der Waals surface area contributed by atoms with Gasteiger partial charge in [0.05, 0.1) is 11.6 Å². The molecule has 4 heteroatoms. The number of carbonyl (C=O) groups excluding carboxylic acids is 1. The summed E-state index contributed by atoms with van der Waals surface area (Å²) in [5, 5.41) is 2.59. The predicted molar refractivity (Wildman–Crippen MR) is 82.3 cm³/mol. The first-order valence-electron chi connectivity index (χ1n) is 6.86. The van der Waals surface area contributed by atoms with Crippen LogP contribution in [-0.4, -0.2) is 5.91 Å². The van der Waals surface area contributed by atoms with Crippen LogP contribution in [-0.2, 0) is 4.79 Å². The summed E-state index contributed by atoms with van der Waals surface area (Å²) in [6.07, 6.45) is 0. The fourth-order valence-corrected chi connectivity index (χ4v) is 2.10. The number of anilines is 1. The van der Waals surface area contributed by atoms with Crippen molar-refractivity contribution in [3.05, 3.63) is 65.5 Å². The summed E-state index contributed by atoms with van der Waals surface area (Å²) >= 11 is 0. The van der Waals surface area contributed by atoms with Gasteiger partial charge in [-0.3, -0.25) is 4.79 Å².